The number of hydrogen-bond donors (Lipinski definition) is 0. The molecule has 3 rings (SSSR count). The van der Waals surface area contributed by atoms with E-state index in [0.29, 0.717) is 18.7 Å². The second-order valence-corrected chi connectivity index (χ2v) is 8.40. The second kappa shape index (κ2) is 8.61. The third-order valence-electron chi connectivity index (χ3n) is 4.76. The molecular weight excluding hydrogens is 486 g/mol. The first-order valence-corrected chi connectivity index (χ1v) is 10.6. The minimum absolute atomic E-state index is 0.0174. The summed E-state index contributed by atoms with van der Waals surface area (Å²) in [5.41, 5.74) is 4.83. The first-order chi connectivity index (χ1) is 13.3. The van der Waals surface area contributed by atoms with E-state index in [9.17, 15) is 4.79 Å². The zero-order chi connectivity index (χ0) is 20.4. The van der Waals surface area contributed by atoms with Gasteiger partial charge in [-0.05, 0) is 70.3 Å². The summed E-state index contributed by atoms with van der Waals surface area (Å²) in [4.78, 5) is 14.5. The molecule has 0 aliphatic heterocycles. The highest BCUT2D eigenvalue weighted by Crippen LogP contribution is 2.21. The topological polar surface area (TPSA) is 56.0 Å². The maximum Gasteiger partial charge on any atom is 0.253 e. The lowest BCUT2D eigenvalue weighted by atomic mass is 10.1. The summed E-state index contributed by atoms with van der Waals surface area (Å²) >= 11 is 7.07. The van der Waals surface area contributed by atoms with Gasteiger partial charge in [0.1, 0.15) is 0 Å². The summed E-state index contributed by atoms with van der Waals surface area (Å²) in [7, 11) is 1.81. The number of carbonyl (C=O) groups excluding carboxylic acids is 1. The van der Waals surface area contributed by atoms with E-state index >= 15 is 0 Å². The van der Waals surface area contributed by atoms with Gasteiger partial charge in [-0.2, -0.15) is 10.2 Å². The molecule has 6 nitrogen and oxygen atoms in total. The molecule has 2 heterocycles. The summed E-state index contributed by atoms with van der Waals surface area (Å²) in [5.74, 6) is -0.0174. The highest BCUT2D eigenvalue weighted by molar-refractivity contribution is 9.10. The number of carbonyl (C=O) groups is 1. The van der Waals surface area contributed by atoms with E-state index < -0.39 is 0 Å². The number of halogens is 2. The van der Waals surface area contributed by atoms with Gasteiger partial charge in [0.25, 0.3) is 5.91 Å². The SMILES string of the molecule is CCn1ncc(Br)c1CN(C)C(=O)c1ccc(Cn2nc(C)c(Br)c2C)cc1. The van der Waals surface area contributed by atoms with Crippen molar-refractivity contribution in [3.8, 4) is 0 Å². The van der Waals surface area contributed by atoms with Gasteiger partial charge < -0.3 is 4.90 Å². The molecule has 0 saturated carbocycles. The zero-order valence-corrected chi connectivity index (χ0v) is 19.6. The lowest BCUT2D eigenvalue weighted by molar-refractivity contribution is 0.0781. The van der Waals surface area contributed by atoms with Gasteiger partial charge in [-0.1, -0.05) is 12.1 Å². The van der Waals surface area contributed by atoms with Crippen molar-refractivity contribution in [1.29, 1.82) is 0 Å². The van der Waals surface area contributed by atoms with Gasteiger partial charge in [-0.25, -0.2) is 0 Å². The highest BCUT2D eigenvalue weighted by Gasteiger charge is 2.16. The predicted molar refractivity (Wildman–Crippen MR) is 116 cm³/mol. The average molecular weight is 509 g/mol. The molecular formula is C20H23Br2N5O. The molecule has 0 unspecified atom stereocenters. The van der Waals surface area contributed by atoms with Crippen molar-refractivity contribution in [3.63, 3.8) is 0 Å². The summed E-state index contributed by atoms with van der Waals surface area (Å²) < 4.78 is 5.81. The zero-order valence-electron chi connectivity index (χ0n) is 16.4. The van der Waals surface area contributed by atoms with E-state index in [4.69, 9.17) is 0 Å². The smallest absolute Gasteiger partial charge is 0.253 e. The Balaban J connectivity index is 1.70. The van der Waals surface area contributed by atoms with Crippen LogP contribution in [0.25, 0.3) is 0 Å². The van der Waals surface area contributed by atoms with Crippen LogP contribution in [0.1, 0.15) is 39.9 Å². The van der Waals surface area contributed by atoms with Crippen LogP contribution in [0, 0.1) is 13.8 Å². The van der Waals surface area contributed by atoms with Crippen molar-refractivity contribution < 1.29 is 4.79 Å². The number of rotatable bonds is 6. The first kappa shape index (κ1) is 20.8. The fourth-order valence-electron chi connectivity index (χ4n) is 3.09. The number of nitrogens with zero attached hydrogens (tertiary/aromatic N) is 5. The summed E-state index contributed by atoms with van der Waals surface area (Å²) in [5, 5.41) is 8.85. The van der Waals surface area contributed by atoms with Crippen LogP contribution in [0.15, 0.2) is 39.4 Å². The Labute approximate surface area is 181 Å². The number of hydrogen-bond acceptors (Lipinski definition) is 3. The van der Waals surface area contributed by atoms with Gasteiger partial charge in [0.2, 0.25) is 0 Å². The summed E-state index contributed by atoms with van der Waals surface area (Å²) in [6, 6.07) is 7.72. The molecule has 0 N–H and O–H groups in total. The van der Waals surface area contributed by atoms with Crippen LogP contribution < -0.4 is 0 Å². The number of aromatic nitrogens is 4. The van der Waals surface area contributed by atoms with Crippen molar-refractivity contribution in [2.45, 2.75) is 40.4 Å². The molecule has 28 heavy (non-hydrogen) atoms. The molecule has 148 valence electrons. The standard InChI is InChI=1S/C20H23Br2N5O/c1-5-26-18(17(21)10-23-26)12-25(4)20(28)16-8-6-15(7-9-16)11-27-14(3)19(22)13(2)24-27/h6-10H,5,11-12H2,1-4H3. The van der Waals surface area contributed by atoms with Crippen molar-refractivity contribution in [1.82, 2.24) is 24.5 Å². The predicted octanol–water partition coefficient (Wildman–Crippen LogP) is 4.56. The number of aryl methyl sites for hydroxylation is 2. The fraction of sp³-hybridized carbons (Fsp3) is 0.350. The molecule has 0 fully saturated rings. The molecule has 0 spiro atoms. The van der Waals surface area contributed by atoms with Crippen LogP contribution in [-0.4, -0.2) is 37.4 Å². The molecule has 0 saturated heterocycles. The third kappa shape index (κ3) is 4.22. The van der Waals surface area contributed by atoms with Crippen LogP contribution in [0.2, 0.25) is 0 Å². The van der Waals surface area contributed by atoms with Crippen LogP contribution in [0.4, 0.5) is 0 Å². The summed E-state index contributed by atoms with van der Waals surface area (Å²) in [6.07, 6.45) is 1.77. The van der Waals surface area contributed by atoms with E-state index in [1.165, 1.54) is 0 Å². The molecule has 0 atom stereocenters. The fourth-order valence-corrected chi connectivity index (χ4v) is 3.79. The van der Waals surface area contributed by atoms with Gasteiger partial charge in [-0.15, -0.1) is 0 Å². The Kier molecular flexibility index (Phi) is 6.40. The number of benzene rings is 1. The van der Waals surface area contributed by atoms with Gasteiger partial charge in [0.15, 0.2) is 0 Å². The Morgan fingerprint density at radius 2 is 1.82 bits per heavy atom. The minimum atomic E-state index is -0.0174. The monoisotopic (exact) mass is 507 g/mol. The number of amides is 1. The van der Waals surface area contributed by atoms with Crippen molar-refractivity contribution in [3.05, 3.63) is 67.6 Å². The Morgan fingerprint density at radius 3 is 2.39 bits per heavy atom. The van der Waals surface area contributed by atoms with Crippen molar-refractivity contribution in [2.75, 3.05) is 7.05 Å². The van der Waals surface area contributed by atoms with E-state index in [1.807, 2.05) is 61.4 Å². The second-order valence-electron chi connectivity index (χ2n) is 6.76. The van der Waals surface area contributed by atoms with Crippen LogP contribution >= 0.6 is 31.9 Å². The van der Waals surface area contributed by atoms with Gasteiger partial charge in [0, 0.05) is 19.2 Å². The van der Waals surface area contributed by atoms with Crippen LogP contribution in [0.5, 0.6) is 0 Å². The Morgan fingerprint density at radius 1 is 1.14 bits per heavy atom. The Hall–Kier alpha value is -1.93. The molecule has 0 bridgehead atoms. The van der Waals surface area contributed by atoms with E-state index in [2.05, 4.69) is 42.1 Å². The maximum absolute atomic E-state index is 12.8. The van der Waals surface area contributed by atoms with E-state index in [1.54, 1.807) is 11.1 Å². The lowest BCUT2D eigenvalue weighted by Crippen LogP contribution is -2.27. The molecule has 1 amide bonds. The molecule has 0 aliphatic carbocycles. The molecule has 8 heteroatoms. The first-order valence-electron chi connectivity index (χ1n) is 9.05. The highest BCUT2D eigenvalue weighted by atomic mass is 79.9. The Bertz CT molecular complexity index is 991. The average Bonchev–Trinajstić information content (AvgIpc) is 3.16. The van der Waals surface area contributed by atoms with Gasteiger partial charge in [0.05, 0.1) is 45.3 Å². The normalized spacial score (nSPS) is 11.1. The van der Waals surface area contributed by atoms with Crippen LogP contribution in [0.3, 0.4) is 0 Å². The molecule has 1 aromatic carbocycles. The van der Waals surface area contributed by atoms with Crippen molar-refractivity contribution >= 4 is 37.8 Å². The largest absolute Gasteiger partial charge is 0.336 e. The quantitative estimate of drug-likeness (QED) is 0.490. The van der Waals surface area contributed by atoms with Gasteiger partial charge >= 0.3 is 0 Å². The van der Waals surface area contributed by atoms with Gasteiger partial charge in [-0.3, -0.25) is 14.2 Å². The van der Waals surface area contributed by atoms with E-state index in [0.717, 1.165) is 38.1 Å². The summed E-state index contributed by atoms with van der Waals surface area (Å²) in [6.45, 7) is 7.98. The van der Waals surface area contributed by atoms with Crippen molar-refractivity contribution in [2.24, 2.45) is 0 Å². The molecule has 0 radical (unpaired) electrons. The molecule has 3 aromatic rings. The lowest BCUT2D eigenvalue weighted by Gasteiger charge is -2.18. The molecule has 0 aliphatic rings. The third-order valence-corrected chi connectivity index (χ3v) is 6.57. The molecule has 2 aromatic heterocycles. The van der Waals surface area contributed by atoms with E-state index in [-0.39, 0.29) is 5.91 Å². The maximum atomic E-state index is 12.8. The van der Waals surface area contributed by atoms with Crippen LogP contribution in [-0.2, 0) is 19.6 Å². The minimum Gasteiger partial charge on any atom is -0.336 e.